The number of nitrogens with zero attached hydrogens (tertiary/aromatic N) is 1. The number of benzene rings is 1. The molecule has 13 heteroatoms. The number of carbonyl (C=O) groups is 5. The standard InChI is InChI=1S/C31H40N2O11/c1-17(32-22(13-12-20-8-5-4-6-9-20)28(35)39-15-25-18(2)41-30(37)43-25)27(34)33-23-11-7-10-21(23)14-24(33)29(36)40-16-26-19(3)42-31(38)44-26/h4-6,8-9,17-19,21-26,32H,7,10-16H2,1-3H3/t17-,18?,19?,21-,22-,23-,24-,25?,26?/m0/s1. The predicted molar refractivity (Wildman–Crippen MR) is 151 cm³/mol. The second kappa shape index (κ2) is 13.8. The molecule has 0 radical (unpaired) electrons. The van der Waals surface area contributed by atoms with Crippen LogP contribution in [-0.4, -0.2) is 96.9 Å². The minimum Gasteiger partial charge on any atom is -0.460 e. The maximum atomic E-state index is 14.0. The monoisotopic (exact) mass is 616 g/mol. The van der Waals surface area contributed by atoms with Gasteiger partial charge in [-0.05, 0) is 64.4 Å². The summed E-state index contributed by atoms with van der Waals surface area (Å²) in [6, 6.07) is 7.06. The zero-order chi connectivity index (χ0) is 31.4. The Labute approximate surface area is 255 Å². The van der Waals surface area contributed by atoms with Gasteiger partial charge in [-0.2, -0.15) is 0 Å². The van der Waals surface area contributed by atoms with Gasteiger partial charge < -0.3 is 33.3 Å². The lowest BCUT2D eigenvalue weighted by Gasteiger charge is -2.32. The van der Waals surface area contributed by atoms with Crippen LogP contribution in [-0.2, 0) is 49.2 Å². The Morgan fingerprint density at radius 2 is 1.57 bits per heavy atom. The molecule has 240 valence electrons. The summed E-state index contributed by atoms with van der Waals surface area (Å²) in [6.07, 6.45) is -0.159. The third-order valence-electron chi connectivity index (χ3n) is 8.92. The second-order valence-electron chi connectivity index (χ2n) is 11.9. The Hall–Kier alpha value is -3.87. The highest BCUT2D eigenvalue weighted by Crippen LogP contribution is 2.42. The number of cyclic esters (lactones) is 4. The highest BCUT2D eigenvalue weighted by atomic mass is 16.8. The van der Waals surface area contributed by atoms with E-state index in [-0.39, 0.29) is 31.1 Å². The molecule has 3 heterocycles. The maximum absolute atomic E-state index is 14.0. The predicted octanol–water partition coefficient (Wildman–Crippen LogP) is 2.67. The van der Waals surface area contributed by atoms with Crippen LogP contribution in [0, 0.1) is 5.92 Å². The molecule has 4 aliphatic rings. The molecule has 9 atom stereocenters. The van der Waals surface area contributed by atoms with E-state index in [9.17, 15) is 24.0 Å². The van der Waals surface area contributed by atoms with Crippen molar-refractivity contribution in [2.24, 2.45) is 5.92 Å². The van der Waals surface area contributed by atoms with Crippen LogP contribution in [0.3, 0.4) is 0 Å². The molecule has 4 unspecified atom stereocenters. The van der Waals surface area contributed by atoms with Crippen molar-refractivity contribution < 1.29 is 52.4 Å². The van der Waals surface area contributed by atoms with Crippen LogP contribution < -0.4 is 5.32 Å². The van der Waals surface area contributed by atoms with Crippen molar-refractivity contribution in [3.05, 3.63) is 35.9 Å². The summed E-state index contributed by atoms with van der Waals surface area (Å²) >= 11 is 0. The van der Waals surface area contributed by atoms with Gasteiger partial charge in [-0.25, -0.2) is 14.4 Å². The number of amides is 1. The van der Waals surface area contributed by atoms with E-state index in [1.54, 1.807) is 25.7 Å². The molecular weight excluding hydrogens is 576 g/mol. The van der Waals surface area contributed by atoms with Crippen LogP contribution >= 0.6 is 0 Å². The Morgan fingerprint density at radius 1 is 0.932 bits per heavy atom. The fraction of sp³-hybridized carbons (Fsp3) is 0.645. The van der Waals surface area contributed by atoms with Gasteiger partial charge in [0, 0.05) is 6.04 Å². The minimum absolute atomic E-state index is 0.107. The van der Waals surface area contributed by atoms with Crippen LogP contribution in [0.2, 0.25) is 0 Å². The molecule has 0 aromatic heterocycles. The summed E-state index contributed by atoms with van der Waals surface area (Å²) < 4.78 is 31.1. The number of esters is 2. The number of likely N-dealkylation sites (tertiary alicyclic amines) is 1. The van der Waals surface area contributed by atoms with E-state index < -0.39 is 66.8 Å². The van der Waals surface area contributed by atoms with E-state index in [1.807, 2.05) is 30.3 Å². The van der Waals surface area contributed by atoms with Gasteiger partial charge in [0.15, 0.2) is 12.2 Å². The quantitative estimate of drug-likeness (QED) is 0.271. The number of carbonyl (C=O) groups excluding carboxylic acids is 5. The third kappa shape index (κ3) is 7.25. The topological polar surface area (TPSA) is 156 Å². The smallest absolute Gasteiger partial charge is 0.460 e. The Balaban J connectivity index is 1.24. The highest BCUT2D eigenvalue weighted by molar-refractivity contribution is 5.89. The van der Waals surface area contributed by atoms with Gasteiger partial charge in [0.25, 0.3) is 0 Å². The van der Waals surface area contributed by atoms with E-state index in [2.05, 4.69) is 5.32 Å². The lowest BCUT2D eigenvalue weighted by molar-refractivity contribution is -0.158. The van der Waals surface area contributed by atoms with Crippen molar-refractivity contribution in [2.75, 3.05) is 13.2 Å². The molecule has 1 saturated carbocycles. The van der Waals surface area contributed by atoms with Crippen LogP contribution in [0.15, 0.2) is 30.3 Å². The summed E-state index contributed by atoms with van der Waals surface area (Å²) in [5, 5.41) is 3.15. The first kappa shape index (κ1) is 31.6. The average Bonchev–Trinajstić information content (AvgIpc) is 3.76. The molecule has 1 amide bonds. The van der Waals surface area contributed by atoms with Gasteiger partial charge in [-0.1, -0.05) is 36.8 Å². The van der Waals surface area contributed by atoms with Crippen LogP contribution in [0.5, 0.6) is 0 Å². The summed E-state index contributed by atoms with van der Waals surface area (Å²) in [6.45, 7) is 4.63. The fourth-order valence-electron chi connectivity index (χ4n) is 6.45. The molecule has 1 aromatic carbocycles. The summed E-state index contributed by atoms with van der Waals surface area (Å²) in [4.78, 5) is 65.0. The summed E-state index contributed by atoms with van der Waals surface area (Å²) in [7, 11) is 0. The number of nitrogens with one attached hydrogen (secondary N) is 1. The number of hydrogen-bond donors (Lipinski definition) is 1. The number of rotatable bonds is 12. The number of fused-ring (bicyclic) bond motifs is 1. The van der Waals surface area contributed by atoms with Crippen molar-refractivity contribution in [1.29, 1.82) is 0 Å². The normalized spacial score (nSPS) is 30.4. The molecule has 44 heavy (non-hydrogen) atoms. The summed E-state index contributed by atoms with van der Waals surface area (Å²) in [5.41, 5.74) is 1.02. The van der Waals surface area contributed by atoms with E-state index in [1.165, 1.54) is 0 Å². The molecule has 1 N–H and O–H groups in total. The largest absolute Gasteiger partial charge is 0.509 e. The zero-order valence-corrected chi connectivity index (χ0v) is 25.2. The van der Waals surface area contributed by atoms with Gasteiger partial charge in [0.1, 0.15) is 37.5 Å². The maximum Gasteiger partial charge on any atom is 0.509 e. The molecule has 1 aliphatic carbocycles. The SMILES string of the molecule is CC1OC(=O)OC1COC(=O)[C@H](CCc1ccccc1)N[C@@H](C)C(=O)N1[C@H](C(=O)OCC2OC(=O)OC2C)C[C@@H]2CCC[C@@H]21. The average molecular weight is 617 g/mol. The number of ether oxygens (including phenoxy) is 6. The van der Waals surface area contributed by atoms with Gasteiger partial charge in [0.2, 0.25) is 5.91 Å². The highest BCUT2D eigenvalue weighted by Gasteiger charge is 2.50. The molecule has 5 rings (SSSR count). The van der Waals surface area contributed by atoms with Crippen LogP contribution in [0.1, 0.15) is 58.4 Å². The molecule has 0 bridgehead atoms. The Morgan fingerprint density at radius 3 is 2.18 bits per heavy atom. The molecule has 4 fully saturated rings. The van der Waals surface area contributed by atoms with E-state index >= 15 is 0 Å². The minimum atomic E-state index is -0.853. The van der Waals surface area contributed by atoms with Gasteiger partial charge in [-0.15, -0.1) is 0 Å². The Kier molecular flexibility index (Phi) is 9.92. The first-order valence-electron chi connectivity index (χ1n) is 15.3. The van der Waals surface area contributed by atoms with Crippen molar-refractivity contribution in [2.45, 2.75) is 108 Å². The number of hydrogen-bond acceptors (Lipinski definition) is 12. The van der Waals surface area contributed by atoms with Gasteiger partial charge in [0.05, 0.1) is 6.04 Å². The summed E-state index contributed by atoms with van der Waals surface area (Å²) in [5.74, 6) is -1.28. The molecule has 1 aromatic rings. The number of aryl methyl sites for hydroxylation is 1. The molecule has 13 nitrogen and oxygen atoms in total. The molecule has 3 saturated heterocycles. The van der Waals surface area contributed by atoms with Crippen molar-refractivity contribution in [1.82, 2.24) is 10.2 Å². The van der Waals surface area contributed by atoms with E-state index in [0.29, 0.717) is 19.3 Å². The van der Waals surface area contributed by atoms with Crippen LogP contribution in [0.4, 0.5) is 9.59 Å². The van der Waals surface area contributed by atoms with Gasteiger partial charge in [-0.3, -0.25) is 14.9 Å². The van der Waals surface area contributed by atoms with Gasteiger partial charge >= 0.3 is 24.2 Å². The van der Waals surface area contributed by atoms with Crippen molar-refractivity contribution in [3.8, 4) is 0 Å². The van der Waals surface area contributed by atoms with E-state index in [0.717, 1.165) is 24.8 Å². The van der Waals surface area contributed by atoms with Crippen molar-refractivity contribution >= 4 is 30.2 Å². The third-order valence-corrected chi connectivity index (χ3v) is 8.92. The van der Waals surface area contributed by atoms with Crippen LogP contribution in [0.25, 0.3) is 0 Å². The van der Waals surface area contributed by atoms with E-state index in [4.69, 9.17) is 28.4 Å². The lowest BCUT2D eigenvalue weighted by atomic mass is 10.0. The molecular formula is C31H40N2O11. The second-order valence-corrected chi connectivity index (χ2v) is 11.9. The first-order chi connectivity index (χ1) is 21.1. The molecule has 0 spiro atoms. The lowest BCUT2D eigenvalue weighted by Crippen LogP contribution is -2.55. The fourth-order valence-corrected chi connectivity index (χ4v) is 6.45. The Bertz CT molecular complexity index is 1230. The van der Waals surface area contributed by atoms with Crippen molar-refractivity contribution in [3.63, 3.8) is 0 Å². The zero-order valence-electron chi connectivity index (χ0n) is 25.2. The molecule has 3 aliphatic heterocycles. The first-order valence-corrected chi connectivity index (χ1v) is 15.3.